The number of aliphatic carboxylic acids is 1. The van der Waals surface area contributed by atoms with Gasteiger partial charge in [-0.3, -0.25) is 4.79 Å². The minimum Gasteiger partial charge on any atom is -0.481 e. The predicted octanol–water partition coefficient (Wildman–Crippen LogP) is 2.19. The summed E-state index contributed by atoms with van der Waals surface area (Å²) in [5.74, 6) is -0.953. The molecule has 2 aliphatic rings. The minimum atomic E-state index is -0.900. The highest BCUT2D eigenvalue weighted by Gasteiger charge is 2.02. The smallest absolute Gasteiger partial charge is 0.314 e. The molecule has 0 aromatic carbocycles. The Balaban J connectivity index is 0.000000134. The van der Waals surface area contributed by atoms with Gasteiger partial charge in [-0.25, -0.2) is 0 Å². The molecule has 2 aliphatic carbocycles. The first-order chi connectivity index (χ1) is 8.16. The Labute approximate surface area is 105 Å². The number of nitrogens with zero attached hydrogens (tertiary/aromatic N) is 2. The average Bonchev–Trinajstić information content (AvgIpc) is 2.76. The summed E-state index contributed by atoms with van der Waals surface area (Å²) < 4.78 is 4.52. The van der Waals surface area contributed by atoms with E-state index in [4.69, 9.17) is 16.7 Å². The number of carboxylic acids is 1. The van der Waals surface area contributed by atoms with Crippen molar-refractivity contribution in [2.75, 3.05) is 5.75 Å². The first-order valence-corrected chi connectivity index (χ1v) is 5.94. The predicted molar refractivity (Wildman–Crippen MR) is 61.8 cm³/mol. The molecule has 0 fully saturated rings. The summed E-state index contributed by atoms with van der Waals surface area (Å²) in [7, 11) is 0. The monoisotopic (exact) mass is 270 g/mol. The second-order valence-corrected chi connectivity index (χ2v) is 4.42. The molecule has 0 unspecified atom stereocenters. The van der Waals surface area contributed by atoms with Crippen molar-refractivity contribution in [2.45, 2.75) is 5.22 Å². The van der Waals surface area contributed by atoms with Gasteiger partial charge >= 0.3 is 5.97 Å². The van der Waals surface area contributed by atoms with Crippen LogP contribution in [0.15, 0.2) is 34.3 Å². The van der Waals surface area contributed by atoms with Crippen LogP contribution >= 0.6 is 23.4 Å². The standard InChI is InChI=1S/C6H3Cl.C4H4N2O3S/c7-6-3-4-1-2-5(4)6;7-3(8)1-10-4-5-2-6-9-4/h1-3H;2H,1H2,(H,7,8). The molecule has 7 heteroatoms. The van der Waals surface area contributed by atoms with Crippen molar-refractivity contribution in [3.05, 3.63) is 40.0 Å². The van der Waals surface area contributed by atoms with E-state index in [0.717, 1.165) is 16.8 Å². The molecule has 0 saturated carbocycles. The highest BCUT2D eigenvalue weighted by molar-refractivity contribution is 7.99. The van der Waals surface area contributed by atoms with Gasteiger partial charge in [0.15, 0.2) is 6.33 Å². The molecule has 0 atom stereocenters. The lowest BCUT2D eigenvalue weighted by Crippen LogP contribution is -1.97. The number of halogens is 1. The zero-order chi connectivity index (χ0) is 12.3. The maximum absolute atomic E-state index is 9.98. The second kappa shape index (κ2) is 5.20. The van der Waals surface area contributed by atoms with Gasteiger partial charge in [-0.05, 0) is 11.3 Å². The van der Waals surface area contributed by atoms with Crippen molar-refractivity contribution in [1.82, 2.24) is 10.1 Å². The molecule has 0 amide bonds. The van der Waals surface area contributed by atoms with Crippen LogP contribution in [0.4, 0.5) is 0 Å². The fourth-order valence-electron chi connectivity index (χ4n) is 1.09. The third kappa shape index (κ3) is 2.98. The second-order valence-electron chi connectivity index (χ2n) is 3.08. The van der Waals surface area contributed by atoms with Crippen molar-refractivity contribution >= 4 is 29.3 Å². The van der Waals surface area contributed by atoms with Crippen LogP contribution in [0.1, 0.15) is 0 Å². The van der Waals surface area contributed by atoms with Gasteiger partial charge in [-0.2, -0.15) is 4.98 Å². The van der Waals surface area contributed by atoms with E-state index in [0.29, 0.717) is 0 Å². The highest BCUT2D eigenvalue weighted by Crippen LogP contribution is 2.20. The summed E-state index contributed by atoms with van der Waals surface area (Å²) in [6.07, 6.45) is 1.23. The van der Waals surface area contributed by atoms with Crippen LogP contribution in [-0.4, -0.2) is 27.0 Å². The number of benzene rings is 1. The van der Waals surface area contributed by atoms with Crippen LogP contribution in [0.5, 0.6) is 0 Å². The number of thioether (sulfide) groups is 1. The minimum absolute atomic E-state index is 0.0534. The molecule has 0 spiro atoms. The quantitative estimate of drug-likeness (QED) is 0.735. The molecular formula is C10H7ClN2O3S. The van der Waals surface area contributed by atoms with Crippen LogP contribution in [0.2, 0.25) is 5.02 Å². The summed E-state index contributed by atoms with van der Waals surface area (Å²) in [5, 5.41) is 15.2. The number of rotatable bonds is 3. The van der Waals surface area contributed by atoms with E-state index in [9.17, 15) is 4.79 Å². The zero-order valence-electron chi connectivity index (χ0n) is 8.46. The van der Waals surface area contributed by atoms with Gasteiger partial charge in [0.25, 0.3) is 5.22 Å². The molecule has 17 heavy (non-hydrogen) atoms. The van der Waals surface area contributed by atoms with Gasteiger partial charge < -0.3 is 9.63 Å². The molecule has 1 aromatic heterocycles. The van der Waals surface area contributed by atoms with Gasteiger partial charge in [-0.1, -0.05) is 40.7 Å². The summed E-state index contributed by atoms with van der Waals surface area (Å²) in [5.41, 5.74) is 0. The average molecular weight is 271 g/mol. The molecule has 0 radical (unpaired) electrons. The highest BCUT2D eigenvalue weighted by atomic mass is 35.5. The van der Waals surface area contributed by atoms with Gasteiger partial charge in [-0.15, -0.1) is 0 Å². The Morgan fingerprint density at radius 2 is 2.35 bits per heavy atom. The Morgan fingerprint density at radius 3 is 2.65 bits per heavy atom. The molecule has 0 aliphatic heterocycles. The van der Waals surface area contributed by atoms with Gasteiger partial charge in [0, 0.05) is 10.2 Å². The van der Waals surface area contributed by atoms with Crippen LogP contribution in [-0.2, 0) is 4.79 Å². The number of carbonyl (C=O) groups is 1. The van der Waals surface area contributed by atoms with E-state index in [1.54, 1.807) is 0 Å². The van der Waals surface area contributed by atoms with Crippen molar-refractivity contribution in [1.29, 1.82) is 0 Å². The maximum Gasteiger partial charge on any atom is 0.314 e. The third-order valence-corrected chi connectivity index (χ3v) is 3.07. The lowest BCUT2D eigenvalue weighted by atomic mass is 10.1. The Bertz CT molecular complexity index is 615. The first-order valence-electron chi connectivity index (χ1n) is 4.58. The van der Waals surface area contributed by atoms with Crippen molar-refractivity contribution < 1.29 is 14.4 Å². The topological polar surface area (TPSA) is 76.2 Å². The molecule has 1 aromatic rings. The van der Waals surface area contributed by atoms with E-state index in [1.807, 2.05) is 12.1 Å². The van der Waals surface area contributed by atoms with E-state index >= 15 is 0 Å². The van der Waals surface area contributed by atoms with Crippen LogP contribution in [0, 0.1) is 10.4 Å². The Hall–Kier alpha value is -1.53. The zero-order valence-corrected chi connectivity index (χ0v) is 10.0. The lowest BCUT2D eigenvalue weighted by Gasteiger charge is -2.01. The normalized spacial score (nSPS) is 10.4. The van der Waals surface area contributed by atoms with E-state index in [-0.39, 0.29) is 11.0 Å². The fraction of sp³-hybridized carbons (Fsp3) is 0.100. The van der Waals surface area contributed by atoms with Gasteiger partial charge in [0.1, 0.15) is 5.75 Å². The summed E-state index contributed by atoms with van der Waals surface area (Å²) in [6.45, 7) is 0. The molecule has 1 N–H and O–H groups in total. The number of hydrogen-bond acceptors (Lipinski definition) is 5. The van der Waals surface area contributed by atoms with Gasteiger partial charge in [0.2, 0.25) is 0 Å². The molecule has 88 valence electrons. The van der Waals surface area contributed by atoms with Crippen LogP contribution < -0.4 is 0 Å². The molecular weight excluding hydrogens is 264 g/mol. The Kier molecular flexibility index (Phi) is 3.65. The van der Waals surface area contributed by atoms with E-state index in [2.05, 4.69) is 20.7 Å². The number of hydrogen-bond donors (Lipinski definition) is 1. The molecule has 0 saturated heterocycles. The van der Waals surface area contributed by atoms with Crippen molar-refractivity contribution in [3.8, 4) is 0 Å². The fourth-order valence-corrected chi connectivity index (χ4v) is 1.85. The Morgan fingerprint density at radius 1 is 1.53 bits per heavy atom. The first kappa shape index (κ1) is 11.9. The number of aromatic nitrogens is 2. The summed E-state index contributed by atoms with van der Waals surface area (Å²) >= 11 is 6.59. The van der Waals surface area contributed by atoms with Crippen LogP contribution in [0.25, 0.3) is 0 Å². The largest absolute Gasteiger partial charge is 0.481 e. The van der Waals surface area contributed by atoms with E-state index < -0.39 is 5.97 Å². The van der Waals surface area contributed by atoms with Crippen molar-refractivity contribution in [3.63, 3.8) is 0 Å². The number of carboxylic acid groups (broad SMARTS) is 1. The molecule has 5 nitrogen and oxygen atoms in total. The van der Waals surface area contributed by atoms with Gasteiger partial charge in [0.05, 0.1) is 0 Å². The van der Waals surface area contributed by atoms with Crippen LogP contribution in [0.3, 0.4) is 0 Å². The molecule has 1 heterocycles. The lowest BCUT2D eigenvalue weighted by molar-refractivity contribution is -0.133. The maximum atomic E-state index is 9.98. The van der Waals surface area contributed by atoms with Crippen molar-refractivity contribution in [2.24, 2.45) is 0 Å². The molecule has 3 rings (SSSR count). The molecule has 0 bridgehead atoms. The third-order valence-electron chi connectivity index (χ3n) is 1.94. The summed E-state index contributed by atoms with van der Waals surface area (Å²) in [6, 6.07) is 6.05. The SMILES string of the molecule is Clc1cc2ccc1=2.O=C(O)CSc1ncno1. The van der Waals surface area contributed by atoms with E-state index in [1.165, 1.54) is 16.8 Å². The summed E-state index contributed by atoms with van der Waals surface area (Å²) in [4.78, 5) is 13.6.